The van der Waals surface area contributed by atoms with E-state index in [1.54, 1.807) is 16.0 Å². The third kappa shape index (κ3) is 4.70. The molecule has 2 aromatic carbocycles. The molecule has 0 bridgehead atoms. The molecule has 1 atom stereocenters. The van der Waals surface area contributed by atoms with E-state index >= 15 is 0 Å². The van der Waals surface area contributed by atoms with E-state index in [2.05, 4.69) is 63.7 Å². The molecule has 1 saturated heterocycles. The van der Waals surface area contributed by atoms with Crippen molar-refractivity contribution in [2.45, 2.75) is 32.0 Å². The monoisotopic (exact) mass is 493 g/mol. The smallest absolute Gasteiger partial charge is 0.233 e. The molecular weight excluding hydrogens is 466 g/mol. The first-order chi connectivity index (χ1) is 16.5. The lowest BCUT2D eigenvalue weighted by Crippen LogP contribution is -2.49. The summed E-state index contributed by atoms with van der Waals surface area (Å²) in [6.45, 7) is 9.40. The van der Waals surface area contributed by atoms with Crippen LogP contribution in [0.2, 0.25) is 0 Å². The summed E-state index contributed by atoms with van der Waals surface area (Å²) >= 11 is 3.14. The summed E-state index contributed by atoms with van der Waals surface area (Å²) in [5.74, 6) is 0.436. The number of para-hydroxylation sites is 1. The molecule has 8 nitrogen and oxygen atoms in total. The van der Waals surface area contributed by atoms with Crippen LogP contribution in [-0.2, 0) is 4.79 Å². The van der Waals surface area contributed by atoms with E-state index in [1.165, 1.54) is 16.5 Å². The number of benzene rings is 2. The van der Waals surface area contributed by atoms with Crippen molar-refractivity contribution in [3.8, 4) is 5.69 Å². The van der Waals surface area contributed by atoms with Crippen molar-refractivity contribution in [3.05, 3.63) is 58.6 Å². The van der Waals surface area contributed by atoms with E-state index in [0.29, 0.717) is 10.9 Å². The molecule has 1 aliphatic rings. The molecular formula is C24H27N7OS2. The van der Waals surface area contributed by atoms with Gasteiger partial charge in [0.25, 0.3) is 0 Å². The Morgan fingerprint density at radius 1 is 1.12 bits per heavy atom. The Morgan fingerprint density at radius 3 is 2.71 bits per heavy atom. The highest BCUT2D eigenvalue weighted by Gasteiger charge is 2.26. The number of piperazine rings is 1. The highest BCUT2D eigenvalue weighted by molar-refractivity contribution is 7.99. The number of aryl methyl sites for hydroxylation is 2. The van der Waals surface area contributed by atoms with Gasteiger partial charge in [0.05, 0.1) is 27.7 Å². The lowest BCUT2D eigenvalue weighted by Gasteiger charge is -2.37. The lowest BCUT2D eigenvalue weighted by atomic mass is 10.1. The molecule has 5 rings (SSSR count). The predicted molar refractivity (Wildman–Crippen MR) is 136 cm³/mol. The van der Waals surface area contributed by atoms with E-state index in [0.717, 1.165) is 53.5 Å². The zero-order chi connectivity index (χ0) is 23.7. The molecule has 1 aliphatic heterocycles. The number of hydrogen-bond acceptors (Lipinski definition) is 8. The third-order valence-corrected chi connectivity index (χ3v) is 8.35. The van der Waals surface area contributed by atoms with Gasteiger partial charge in [0.2, 0.25) is 11.1 Å². The molecule has 3 heterocycles. The van der Waals surface area contributed by atoms with Crippen molar-refractivity contribution < 1.29 is 4.79 Å². The van der Waals surface area contributed by atoms with Crippen LogP contribution in [0.3, 0.4) is 0 Å². The van der Waals surface area contributed by atoms with Crippen molar-refractivity contribution in [1.82, 2.24) is 35.0 Å². The number of fused-ring (bicyclic) bond motifs is 1. The molecule has 0 spiro atoms. The maximum absolute atomic E-state index is 12.9. The fourth-order valence-electron chi connectivity index (χ4n) is 4.17. The summed E-state index contributed by atoms with van der Waals surface area (Å²) in [6.07, 6.45) is 0. The van der Waals surface area contributed by atoms with Crippen molar-refractivity contribution >= 4 is 39.2 Å². The molecule has 0 N–H and O–H groups in total. The molecule has 0 aliphatic carbocycles. The third-order valence-electron chi connectivity index (χ3n) is 6.24. The minimum atomic E-state index is 0.118. The van der Waals surface area contributed by atoms with Gasteiger partial charge in [0.1, 0.15) is 5.01 Å². The molecule has 2 aromatic heterocycles. The van der Waals surface area contributed by atoms with Crippen molar-refractivity contribution in [2.24, 2.45) is 0 Å². The fraction of sp³-hybridized carbons (Fsp3) is 0.375. The van der Waals surface area contributed by atoms with Crippen LogP contribution in [0.1, 0.15) is 29.1 Å². The molecule has 0 radical (unpaired) electrons. The van der Waals surface area contributed by atoms with Crippen LogP contribution in [0.25, 0.3) is 15.9 Å². The summed E-state index contributed by atoms with van der Waals surface area (Å²) in [5.41, 5.74) is 4.23. The maximum atomic E-state index is 12.9. The summed E-state index contributed by atoms with van der Waals surface area (Å²) < 4.78 is 2.94. The van der Waals surface area contributed by atoms with Gasteiger partial charge in [-0.3, -0.25) is 9.69 Å². The van der Waals surface area contributed by atoms with Crippen LogP contribution in [0.5, 0.6) is 0 Å². The first-order valence-electron chi connectivity index (χ1n) is 11.4. The zero-order valence-electron chi connectivity index (χ0n) is 19.5. The van der Waals surface area contributed by atoms with Gasteiger partial charge < -0.3 is 4.90 Å². The van der Waals surface area contributed by atoms with Crippen LogP contribution in [0, 0.1) is 13.8 Å². The molecule has 10 heteroatoms. The van der Waals surface area contributed by atoms with Gasteiger partial charge in [-0.1, -0.05) is 36.0 Å². The van der Waals surface area contributed by atoms with Gasteiger partial charge in [0, 0.05) is 26.2 Å². The number of hydrogen-bond donors (Lipinski definition) is 0. The number of amides is 1. The van der Waals surface area contributed by atoms with Crippen LogP contribution in [-0.4, -0.2) is 72.8 Å². The van der Waals surface area contributed by atoms with Crippen molar-refractivity contribution in [1.29, 1.82) is 0 Å². The second-order valence-corrected chi connectivity index (χ2v) is 10.6. The van der Waals surface area contributed by atoms with Crippen molar-refractivity contribution in [3.63, 3.8) is 0 Å². The highest BCUT2D eigenvalue weighted by atomic mass is 32.2. The van der Waals surface area contributed by atoms with E-state index in [4.69, 9.17) is 4.98 Å². The Morgan fingerprint density at radius 2 is 1.91 bits per heavy atom. The zero-order valence-corrected chi connectivity index (χ0v) is 21.1. The van der Waals surface area contributed by atoms with E-state index in [9.17, 15) is 4.79 Å². The van der Waals surface area contributed by atoms with Crippen LogP contribution in [0.15, 0.2) is 47.6 Å². The van der Waals surface area contributed by atoms with Crippen LogP contribution >= 0.6 is 23.1 Å². The second-order valence-electron chi connectivity index (χ2n) is 8.56. The Hall–Kier alpha value is -2.82. The summed E-state index contributed by atoms with van der Waals surface area (Å²) in [5, 5.41) is 13.9. The number of nitrogens with zero attached hydrogens (tertiary/aromatic N) is 7. The quantitative estimate of drug-likeness (QED) is 0.377. The van der Waals surface area contributed by atoms with E-state index in [-0.39, 0.29) is 11.9 Å². The first-order valence-corrected chi connectivity index (χ1v) is 13.2. The molecule has 4 aromatic rings. The number of carbonyl (C=O) groups is 1. The topological polar surface area (TPSA) is 80.0 Å². The Labute approximate surface area is 207 Å². The average Bonchev–Trinajstić information content (AvgIpc) is 3.50. The summed E-state index contributed by atoms with van der Waals surface area (Å²) in [6, 6.07) is 14.7. The van der Waals surface area contributed by atoms with Gasteiger partial charge in [-0.2, -0.15) is 4.68 Å². The van der Waals surface area contributed by atoms with Gasteiger partial charge in [0.15, 0.2) is 0 Å². The number of aromatic nitrogens is 5. The Balaban J connectivity index is 1.17. The average molecular weight is 494 g/mol. The predicted octanol–water partition coefficient (Wildman–Crippen LogP) is 3.89. The maximum Gasteiger partial charge on any atom is 0.233 e. The highest BCUT2D eigenvalue weighted by Crippen LogP contribution is 2.30. The molecule has 176 valence electrons. The van der Waals surface area contributed by atoms with Crippen LogP contribution in [0.4, 0.5) is 0 Å². The van der Waals surface area contributed by atoms with Crippen LogP contribution < -0.4 is 0 Å². The Bertz CT molecular complexity index is 1280. The molecule has 0 unspecified atom stereocenters. The van der Waals surface area contributed by atoms with Crippen molar-refractivity contribution in [2.75, 3.05) is 31.9 Å². The largest absolute Gasteiger partial charge is 0.339 e. The number of thiazole rings is 1. The standard InChI is InChI=1S/C24H27N7OS2/c1-16-8-9-17(2)20(14-16)31-24(26-27-28-31)33-15-22(32)30-12-10-29(11-13-30)18(3)23-25-19-6-4-5-7-21(19)34-23/h4-9,14,18H,10-13,15H2,1-3H3/t18-/m1/s1. The SMILES string of the molecule is Cc1ccc(C)c(-n2nnnc2SCC(=O)N2CCN([C@H](C)c3nc4ccccc4s3)CC2)c1. The first kappa shape index (κ1) is 22.9. The van der Waals surface area contributed by atoms with Gasteiger partial charge in [-0.15, -0.1) is 16.4 Å². The minimum absolute atomic E-state index is 0.118. The Kier molecular flexibility index (Phi) is 6.62. The fourth-order valence-corrected chi connectivity index (χ4v) is 6.01. The molecule has 1 amide bonds. The van der Waals surface area contributed by atoms with Gasteiger partial charge >= 0.3 is 0 Å². The summed E-state index contributed by atoms with van der Waals surface area (Å²) in [7, 11) is 0. The van der Waals surface area contributed by atoms with Gasteiger partial charge in [-0.25, -0.2) is 4.98 Å². The molecule has 0 saturated carbocycles. The van der Waals surface area contributed by atoms with E-state index < -0.39 is 0 Å². The minimum Gasteiger partial charge on any atom is -0.339 e. The van der Waals surface area contributed by atoms with Gasteiger partial charge in [-0.05, 0) is 60.5 Å². The number of rotatable bonds is 6. The number of carbonyl (C=O) groups excluding carboxylic acids is 1. The number of tetrazole rings is 1. The number of thioether (sulfide) groups is 1. The van der Waals surface area contributed by atoms with E-state index in [1.807, 2.05) is 24.8 Å². The molecule has 1 fully saturated rings. The molecule has 34 heavy (non-hydrogen) atoms. The summed E-state index contributed by atoms with van der Waals surface area (Å²) in [4.78, 5) is 22.1. The second kappa shape index (κ2) is 9.81. The lowest BCUT2D eigenvalue weighted by molar-refractivity contribution is -0.130. The normalized spacial score (nSPS) is 15.7.